The molecule has 3 aromatic rings. The molecule has 1 amide bonds. The average Bonchev–Trinajstić information content (AvgIpc) is 3.66. The Bertz CT molecular complexity index is 1340. The second-order valence-corrected chi connectivity index (χ2v) is 10.8. The van der Waals surface area contributed by atoms with Crippen molar-refractivity contribution in [3.05, 3.63) is 41.9 Å². The van der Waals surface area contributed by atoms with Gasteiger partial charge in [-0.3, -0.25) is 4.79 Å². The van der Waals surface area contributed by atoms with Crippen LogP contribution in [0.25, 0.3) is 11.0 Å². The lowest BCUT2D eigenvalue weighted by Crippen LogP contribution is -2.53. The lowest BCUT2D eigenvalue weighted by molar-refractivity contribution is 0.0677. The van der Waals surface area contributed by atoms with E-state index in [0.717, 1.165) is 44.2 Å². The van der Waals surface area contributed by atoms with Gasteiger partial charge >= 0.3 is 5.97 Å². The fourth-order valence-electron chi connectivity index (χ4n) is 6.95. The van der Waals surface area contributed by atoms with Gasteiger partial charge in [-0.2, -0.15) is 4.98 Å². The SMILES string of the molecule is O=C(O)c1cc2cnc(Nc3ccc(C(=O)N4CC5CC[C@H](C4)N5)cn3)nc2n1[C@@H]1C[C@H]2CCC1C2. The highest BCUT2D eigenvalue weighted by Gasteiger charge is 2.42. The van der Waals surface area contributed by atoms with Crippen LogP contribution in [0.15, 0.2) is 30.6 Å². The van der Waals surface area contributed by atoms with Crippen LogP contribution in [-0.4, -0.2) is 66.6 Å². The number of carboxylic acids is 1. The quantitative estimate of drug-likeness (QED) is 0.501. The molecule has 36 heavy (non-hydrogen) atoms. The van der Waals surface area contributed by atoms with Crippen LogP contribution in [0.4, 0.5) is 11.8 Å². The van der Waals surface area contributed by atoms with Crippen LogP contribution in [-0.2, 0) is 0 Å². The number of carboxylic acid groups (broad SMARTS) is 1. The van der Waals surface area contributed by atoms with Gasteiger partial charge in [0.25, 0.3) is 5.91 Å². The molecule has 2 aliphatic heterocycles. The lowest BCUT2D eigenvalue weighted by atomic mass is 9.95. The molecule has 3 aromatic heterocycles. The number of hydrogen-bond donors (Lipinski definition) is 3. The van der Waals surface area contributed by atoms with E-state index in [1.165, 1.54) is 12.8 Å². The molecule has 5 atom stereocenters. The molecule has 2 unspecified atom stereocenters. The summed E-state index contributed by atoms with van der Waals surface area (Å²) in [6, 6.07) is 6.17. The Morgan fingerprint density at radius 1 is 1.03 bits per heavy atom. The Balaban J connectivity index is 1.13. The van der Waals surface area contributed by atoms with E-state index in [2.05, 4.69) is 20.6 Å². The molecule has 2 saturated heterocycles. The van der Waals surface area contributed by atoms with Crippen molar-refractivity contribution in [3.8, 4) is 0 Å². The molecule has 10 heteroatoms. The standard InChI is InChI=1S/C26H29N7O3/c34-24(32-12-18-4-5-19(13-32)29-18)16-3-6-22(27-10-16)30-26-28-11-17-9-21(25(35)36)33(23(17)31-26)20-8-14-1-2-15(20)7-14/h3,6,9-11,14-15,18-20,29H,1-2,4-5,7-8,12-13H2,(H,35,36)(H,27,28,30,31)/t14-,15?,18+,19?,20+/m0/s1. The molecule has 3 N–H and O–H groups in total. The summed E-state index contributed by atoms with van der Waals surface area (Å²) in [5.74, 6) is 1.14. The Labute approximate surface area is 208 Å². The van der Waals surface area contributed by atoms with Gasteiger partial charge in [-0.1, -0.05) is 6.42 Å². The third-order valence-corrected chi connectivity index (χ3v) is 8.58. The van der Waals surface area contributed by atoms with E-state index in [9.17, 15) is 14.7 Å². The van der Waals surface area contributed by atoms with Crippen molar-refractivity contribution in [1.82, 2.24) is 29.7 Å². The van der Waals surface area contributed by atoms with Gasteiger partial charge in [0, 0.05) is 49.0 Å². The zero-order valence-electron chi connectivity index (χ0n) is 19.9. The summed E-state index contributed by atoms with van der Waals surface area (Å²) in [6.07, 6.45) is 10.1. The molecule has 7 rings (SSSR count). The fraction of sp³-hybridized carbons (Fsp3) is 0.500. The molecule has 0 radical (unpaired) electrons. The number of rotatable bonds is 5. The van der Waals surface area contributed by atoms with E-state index in [1.807, 2.05) is 9.47 Å². The van der Waals surface area contributed by atoms with E-state index in [0.29, 0.717) is 46.9 Å². The maximum absolute atomic E-state index is 13.0. The zero-order chi connectivity index (χ0) is 24.4. The Kier molecular flexibility index (Phi) is 4.99. The Morgan fingerprint density at radius 2 is 1.86 bits per heavy atom. The second-order valence-electron chi connectivity index (χ2n) is 10.8. The van der Waals surface area contributed by atoms with Gasteiger partial charge in [0.15, 0.2) is 0 Å². The fourth-order valence-corrected chi connectivity index (χ4v) is 6.95. The first kappa shape index (κ1) is 21.7. The topological polar surface area (TPSA) is 125 Å². The predicted molar refractivity (Wildman–Crippen MR) is 132 cm³/mol. The summed E-state index contributed by atoms with van der Waals surface area (Å²) >= 11 is 0. The first-order chi connectivity index (χ1) is 17.5. The lowest BCUT2D eigenvalue weighted by Gasteiger charge is -2.32. The normalized spacial score (nSPS) is 28.7. The first-order valence-corrected chi connectivity index (χ1v) is 12.9. The highest BCUT2D eigenvalue weighted by Crippen LogP contribution is 2.51. The number of hydrogen-bond acceptors (Lipinski definition) is 7. The smallest absolute Gasteiger partial charge is 0.352 e. The number of piperazine rings is 1. The number of pyridine rings is 1. The van der Waals surface area contributed by atoms with Crippen LogP contribution in [0.1, 0.15) is 65.4 Å². The summed E-state index contributed by atoms with van der Waals surface area (Å²) in [5, 5.41) is 17.3. The van der Waals surface area contributed by atoms with Crippen molar-refractivity contribution in [2.75, 3.05) is 18.4 Å². The number of aromatic nitrogens is 4. The largest absolute Gasteiger partial charge is 0.477 e. The molecule has 4 bridgehead atoms. The summed E-state index contributed by atoms with van der Waals surface area (Å²) in [4.78, 5) is 40.5. The summed E-state index contributed by atoms with van der Waals surface area (Å²) in [6.45, 7) is 1.48. The van der Waals surface area contributed by atoms with Crippen molar-refractivity contribution in [2.24, 2.45) is 11.8 Å². The number of nitrogens with zero attached hydrogens (tertiary/aromatic N) is 5. The third-order valence-electron chi connectivity index (χ3n) is 8.58. The van der Waals surface area contributed by atoms with Crippen molar-refractivity contribution in [2.45, 2.75) is 56.7 Å². The summed E-state index contributed by atoms with van der Waals surface area (Å²) in [5.41, 5.74) is 1.48. The maximum atomic E-state index is 13.0. The first-order valence-electron chi connectivity index (χ1n) is 12.9. The van der Waals surface area contributed by atoms with Crippen LogP contribution in [0.5, 0.6) is 0 Å². The van der Waals surface area contributed by atoms with Crippen LogP contribution < -0.4 is 10.6 Å². The van der Waals surface area contributed by atoms with Gasteiger partial charge in [-0.05, 0) is 62.1 Å². The third kappa shape index (κ3) is 3.62. The van der Waals surface area contributed by atoms with Gasteiger partial charge in [0.2, 0.25) is 5.95 Å². The van der Waals surface area contributed by atoms with Crippen molar-refractivity contribution in [3.63, 3.8) is 0 Å². The highest BCUT2D eigenvalue weighted by molar-refractivity contribution is 5.95. The minimum absolute atomic E-state index is 0.00927. The van der Waals surface area contributed by atoms with Crippen LogP contribution in [0, 0.1) is 11.8 Å². The number of anilines is 2. The number of likely N-dealkylation sites (tertiary alicyclic amines) is 1. The molecule has 2 saturated carbocycles. The number of aromatic carboxylic acids is 1. The van der Waals surface area contributed by atoms with Gasteiger partial charge in [0.1, 0.15) is 17.2 Å². The molecular formula is C26H29N7O3. The van der Waals surface area contributed by atoms with E-state index in [-0.39, 0.29) is 17.6 Å². The number of carbonyl (C=O) groups excluding carboxylic acids is 1. The molecular weight excluding hydrogens is 458 g/mol. The van der Waals surface area contributed by atoms with E-state index in [4.69, 9.17) is 4.98 Å². The van der Waals surface area contributed by atoms with Crippen molar-refractivity contribution < 1.29 is 14.7 Å². The minimum atomic E-state index is -0.940. The van der Waals surface area contributed by atoms with Crippen LogP contribution in [0.2, 0.25) is 0 Å². The molecule has 4 fully saturated rings. The average molecular weight is 488 g/mol. The molecule has 5 heterocycles. The number of carbonyl (C=O) groups is 2. The number of amides is 1. The number of fused-ring (bicyclic) bond motifs is 5. The molecule has 186 valence electrons. The van der Waals surface area contributed by atoms with Crippen molar-refractivity contribution >= 4 is 34.7 Å². The predicted octanol–water partition coefficient (Wildman–Crippen LogP) is 3.21. The van der Waals surface area contributed by atoms with E-state index < -0.39 is 5.97 Å². The molecule has 10 nitrogen and oxygen atoms in total. The zero-order valence-corrected chi connectivity index (χ0v) is 19.9. The van der Waals surface area contributed by atoms with Crippen LogP contribution in [0.3, 0.4) is 0 Å². The van der Waals surface area contributed by atoms with Gasteiger partial charge in [0.05, 0.1) is 5.56 Å². The molecule has 0 aromatic carbocycles. The molecule has 4 aliphatic rings. The Hall–Kier alpha value is -3.53. The van der Waals surface area contributed by atoms with E-state index in [1.54, 1.807) is 30.6 Å². The molecule has 2 aliphatic carbocycles. The second kappa shape index (κ2) is 8.26. The maximum Gasteiger partial charge on any atom is 0.352 e. The summed E-state index contributed by atoms with van der Waals surface area (Å²) in [7, 11) is 0. The molecule has 0 spiro atoms. The van der Waals surface area contributed by atoms with Crippen LogP contribution >= 0.6 is 0 Å². The van der Waals surface area contributed by atoms with E-state index >= 15 is 0 Å². The van der Waals surface area contributed by atoms with Gasteiger partial charge < -0.3 is 25.2 Å². The van der Waals surface area contributed by atoms with Crippen molar-refractivity contribution in [1.29, 1.82) is 0 Å². The Morgan fingerprint density at radius 3 is 2.53 bits per heavy atom. The van der Waals surface area contributed by atoms with Gasteiger partial charge in [-0.15, -0.1) is 0 Å². The van der Waals surface area contributed by atoms with Gasteiger partial charge in [-0.25, -0.2) is 14.8 Å². The summed E-state index contributed by atoms with van der Waals surface area (Å²) < 4.78 is 1.92. The number of nitrogens with one attached hydrogen (secondary N) is 2. The monoisotopic (exact) mass is 487 g/mol. The highest BCUT2D eigenvalue weighted by atomic mass is 16.4. The minimum Gasteiger partial charge on any atom is -0.477 e.